The quantitative estimate of drug-likeness (QED) is 0.373. The van der Waals surface area contributed by atoms with Crippen LogP contribution in [0.4, 0.5) is 0 Å². The second-order valence-electron chi connectivity index (χ2n) is 3.30. The van der Waals surface area contributed by atoms with Crippen molar-refractivity contribution in [3.05, 3.63) is 11.0 Å². The first kappa shape index (κ1) is 11.0. The molecule has 0 radical (unpaired) electrons. The van der Waals surface area contributed by atoms with Crippen molar-refractivity contribution >= 4 is 11.8 Å². The van der Waals surface area contributed by atoms with Crippen molar-refractivity contribution in [2.75, 3.05) is 7.05 Å². The molecule has 2 unspecified atom stereocenters. The van der Waals surface area contributed by atoms with Gasteiger partial charge in [0.2, 0.25) is 0 Å². The second kappa shape index (κ2) is 4.97. The third-order valence-corrected chi connectivity index (χ3v) is 3.50. The topological polar surface area (TPSA) is 76.1 Å². The van der Waals surface area contributed by atoms with Gasteiger partial charge in [-0.15, -0.1) is 11.8 Å². The van der Waals surface area contributed by atoms with Gasteiger partial charge in [0.05, 0.1) is 6.17 Å². The highest BCUT2D eigenvalue weighted by molar-refractivity contribution is 8.03. The summed E-state index contributed by atoms with van der Waals surface area (Å²) >= 11 is 1.78. The first-order valence-electron chi connectivity index (χ1n) is 4.43. The van der Waals surface area contributed by atoms with Crippen molar-refractivity contribution in [3.8, 4) is 0 Å². The van der Waals surface area contributed by atoms with Gasteiger partial charge >= 0.3 is 0 Å². The first-order valence-corrected chi connectivity index (χ1v) is 5.37. The molecule has 0 fully saturated rings. The number of hydrogen-bond donors (Lipinski definition) is 4. The minimum absolute atomic E-state index is 0.0961. The Morgan fingerprint density at radius 3 is 2.77 bits per heavy atom. The van der Waals surface area contributed by atoms with Gasteiger partial charge in [0.15, 0.2) is 0 Å². The van der Waals surface area contributed by atoms with Crippen LogP contribution in [0.1, 0.15) is 13.3 Å². The number of rotatable bonds is 4. The van der Waals surface area contributed by atoms with Gasteiger partial charge in [-0.2, -0.15) is 0 Å². The molecule has 0 aliphatic carbocycles. The van der Waals surface area contributed by atoms with Crippen LogP contribution >= 0.6 is 11.8 Å². The summed E-state index contributed by atoms with van der Waals surface area (Å²) < 4.78 is 0. The molecule has 1 rings (SSSR count). The van der Waals surface area contributed by atoms with E-state index in [2.05, 4.69) is 16.3 Å². The molecule has 1 aliphatic heterocycles. The lowest BCUT2D eigenvalue weighted by atomic mass is 10.1. The van der Waals surface area contributed by atoms with E-state index in [4.69, 9.17) is 11.5 Å². The Morgan fingerprint density at radius 1 is 1.62 bits per heavy atom. The highest BCUT2D eigenvalue weighted by Crippen LogP contribution is 2.32. The van der Waals surface area contributed by atoms with Gasteiger partial charge in [-0.3, -0.25) is 5.43 Å². The third-order valence-electron chi connectivity index (χ3n) is 2.12. The van der Waals surface area contributed by atoms with Crippen LogP contribution in [0.3, 0.4) is 0 Å². The van der Waals surface area contributed by atoms with Crippen LogP contribution in [0.25, 0.3) is 0 Å². The van der Waals surface area contributed by atoms with E-state index in [1.165, 1.54) is 5.57 Å². The monoisotopic (exact) mass is 202 g/mol. The van der Waals surface area contributed by atoms with E-state index < -0.39 is 0 Å². The van der Waals surface area contributed by atoms with Crippen molar-refractivity contribution in [1.29, 1.82) is 0 Å². The molecule has 1 aliphatic rings. The summed E-state index contributed by atoms with van der Waals surface area (Å²) in [6.07, 6.45) is 0.888. The molecule has 76 valence electrons. The van der Waals surface area contributed by atoms with Crippen LogP contribution in [0.5, 0.6) is 0 Å². The van der Waals surface area contributed by atoms with E-state index in [0.717, 1.165) is 6.42 Å². The Hall–Kier alpha value is -0.0700. The molecule has 0 aromatic rings. The van der Waals surface area contributed by atoms with Gasteiger partial charge in [0.1, 0.15) is 0 Å². The Morgan fingerprint density at radius 2 is 2.31 bits per heavy atom. The molecular formula is C8H18N4S. The van der Waals surface area contributed by atoms with Gasteiger partial charge in [0.25, 0.3) is 0 Å². The van der Waals surface area contributed by atoms with E-state index in [9.17, 15) is 0 Å². The molecule has 5 heteroatoms. The van der Waals surface area contributed by atoms with Crippen LogP contribution in [0.15, 0.2) is 11.0 Å². The van der Waals surface area contributed by atoms with Crippen molar-refractivity contribution in [3.63, 3.8) is 0 Å². The molecule has 1 heterocycles. The fourth-order valence-electron chi connectivity index (χ4n) is 1.26. The molecule has 0 spiro atoms. The van der Waals surface area contributed by atoms with Gasteiger partial charge < -0.3 is 11.5 Å². The lowest BCUT2D eigenvalue weighted by Crippen LogP contribution is -2.45. The Bertz CT molecular complexity index is 193. The van der Waals surface area contributed by atoms with Crippen molar-refractivity contribution in [2.24, 2.45) is 11.5 Å². The molecule has 0 amide bonds. The Kier molecular flexibility index (Phi) is 4.21. The Labute approximate surface area is 83.5 Å². The molecule has 0 bridgehead atoms. The predicted molar refractivity (Wildman–Crippen MR) is 57.9 cm³/mol. The molecule has 0 aromatic carbocycles. The zero-order valence-electron chi connectivity index (χ0n) is 8.08. The average molecular weight is 202 g/mol. The summed E-state index contributed by atoms with van der Waals surface area (Å²) in [7, 11) is 1.81. The maximum absolute atomic E-state index is 5.86. The van der Waals surface area contributed by atoms with Gasteiger partial charge in [-0.05, 0) is 31.4 Å². The maximum atomic E-state index is 5.86. The minimum Gasteiger partial charge on any atom is -0.327 e. The highest BCUT2D eigenvalue weighted by atomic mass is 32.2. The molecule has 4 nitrogen and oxygen atoms in total. The summed E-state index contributed by atoms with van der Waals surface area (Å²) in [5.74, 6) is 0. The van der Waals surface area contributed by atoms with E-state index in [-0.39, 0.29) is 12.2 Å². The standard InChI is InChI=1S/C8H18N4S/c1-5(9)7-3-6(4-13-7)8(10)12-11-2/h4-5,7-8,11-12H,3,9-10H2,1-2H3/t5-,7?,8?/m1/s1. The fraction of sp³-hybridized carbons (Fsp3) is 0.750. The van der Waals surface area contributed by atoms with E-state index in [1.54, 1.807) is 11.8 Å². The third kappa shape index (κ3) is 2.96. The summed E-state index contributed by atoms with van der Waals surface area (Å²) in [5, 5.41) is 2.60. The highest BCUT2D eigenvalue weighted by Gasteiger charge is 2.23. The molecular weight excluding hydrogens is 184 g/mol. The van der Waals surface area contributed by atoms with Crippen LogP contribution in [0, 0.1) is 0 Å². The number of thioether (sulfide) groups is 1. The SMILES string of the molecule is CNNC(N)C1=CSC([C@@H](C)N)C1. The number of nitrogens with one attached hydrogen (secondary N) is 2. The summed E-state index contributed by atoms with van der Waals surface area (Å²) in [6, 6.07) is 0.223. The summed E-state index contributed by atoms with van der Waals surface area (Å²) in [4.78, 5) is 0. The summed E-state index contributed by atoms with van der Waals surface area (Å²) in [5.41, 5.74) is 18.7. The molecule has 3 atom stereocenters. The Balaban J connectivity index is 2.39. The van der Waals surface area contributed by atoms with Crippen LogP contribution in [-0.4, -0.2) is 24.5 Å². The smallest absolute Gasteiger partial charge is 0.0906 e. The maximum Gasteiger partial charge on any atom is 0.0906 e. The van der Waals surface area contributed by atoms with Gasteiger partial charge in [-0.1, -0.05) is 0 Å². The fourth-order valence-corrected chi connectivity index (χ4v) is 2.39. The van der Waals surface area contributed by atoms with E-state index in [0.29, 0.717) is 5.25 Å². The largest absolute Gasteiger partial charge is 0.327 e. The van der Waals surface area contributed by atoms with E-state index >= 15 is 0 Å². The molecule has 13 heavy (non-hydrogen) atoms. The second-order valence-corrected chi connectivity index (χ2v) is 4.42. The molecule has 0 saturated carbocycles. The number of hydrazine groups is 1. The number of hydrogen-bond acceptors (Lipinski definition) is 5. The average Bonchev–Trinajstić information content (AvgIpc) is 2.52. The number of nitrogens with two attached hydrogens (primary N) is 2. The molecule has 6 N–H and O–H groups in total. The molecule has 0 aromatic heterocycles. The lowest BCUT2D eigenvalue weighted by Gasteiger charge is -2.17. The minimum atomic E-state index is -0.0961. The van der Waals surface area contributed by atoms with E-state index in [1.807, 2.05) is 14.0 Å². The van der Waals surface area contributed by atoms with Crippen molar-refractivity contribution < 1.29 is 0 Å². The van der Waals surface area contributed by atoms with Gasteiger partial charge in [0, 0.05) is 11.3 Å². The first-order chi connectivity index (χ1) is 6.15. The molecule has 0 saturated heterocycles. The zero-order valence-corrected chi connectivity index (χ0v) is 8.90. The predicted octanol–water partition coefficient (Wildman–Crippen LogP) is -0.268. The van der Waals surface area contributed by atoms with Crippen molar-refractivity contribution in [2.45, 2.75) is 30.8 Å². The summed E-state index contributed by atoms with van der Waals surface area (Å²) in [6.45, 7) is 2.03. The van der Waals surface area contributed by atoms with Gasteiger partial charge in [-0.25, -0.2) is 5.43 Å². The normalized spacial score (nSPS) is 27.1. The van der Waals surface area contributed by atoms with Crippen molar-refractivity contribution in [1.82, 2.24) is 10.9 Å². The van der Waals surface area contributed by atoms with Crippen LogP contribution < -0.4 is 22.3 Å². The lowest BCUT2D eigenvalue weighted by molar-refractivity contribution is 0.503. The van der Waals surface area contributed by atoms with Crippen LogP contribution in [-0.2, 0) is 0 Å². The van der Waals surface area contributed by atoms with Crippen LogP contribution in [0.2, 0.25) is 0 Å². The zero-order chi connectivity index (χ0) is 9.84.